The van der Waals surface area contributed by atoms with Gasteiger partial charge in [0, 0.05) is 25.7 Å². The van der Waals surface area contributed by atoms with Crippen molar-refractivity contribution in [1.82, 2.24) is 9.62 Å². The third kappa shape index (κ3) is 5.33. The molecule has 0 unspecified atom stereocenters. The summed E-state index contributed by atoms with van der Waals surface area (Å²) in [5, 5.41) is 0. The summed E-state index contributed by atoms with van der Waals surface area (Å²) in [7, 11) is -3.54. The molecule has 1 amide bonds. The molecule has 1 aromatic heterocycles. The Morgan fingerprint density at radius 1 is 1.21 bits per heavy atom. The number of nitrogens with zero attached hydrogens (tertiary/aromatic N) is 1. The first kappa shape index (κ1) is 20.4. The van der Waals surface area contributed by atoms with Crippen LogP contribution in [0.1, 0.15) is 29.9 Å². The second-order valence-corrected chi connectivity index (χ2v) is 9.01. The molecule has 28 heavy (non-hydrogen) atoms. The molecule has 6 nitrogen and oxygen atoms in total. The first-order chi connectivity index (χ1) is 13.3. The van der Waals surface area contributed by atoms with Crippen molar-refractivity contribution in [2.75, 3.05) is 19.6 Å². The van der Waals surface area contributed by atoms with Crippen LogP contribution in [0.4, 0.5) is 0 Å². The van der Waals surface area contributed by atoms with Gasteiger partial charge in [0.15, 0.2) is 0 Å². The standard InChI is InChI=1S/C21H26N2O4S/c1-16-5-10-20(11-6-16)28(25,26)22-14-18-4-3-13-23(15-18)21(24)12-9-19-8-7-17(2)27-19/h5-12,18,22H,3-4,13-15H2,1-2H3/b12-9+/t18-/m0/s1. The zero-order valence-corrected chi connectivity index (χ0v) is 17.0. The minimum absolute atomic E-state index is 0.0832. The van der Waals surface area contributed by atoms with Crippen molar-refractivity contribution in [2.24, 2.45) is 5.92 Å². The van der Waals surface area contributed by atoms with E-state index < -0.39 is 10.0 Å². The average molecular weight is 403 g/mol. The predicted octanol–water partition coefficient (Wildman–Crippen LogP) is 3.13. The lowest BCUT2D eigenvalue weighted by Gasteiger charge is -2.32. The number of carbonyl (C=O) groups is 1. The van der Waals surface area contributed by atoms with Crippen LogP contribution in [-0.4, -0.2) is 38.9 Å². The van der Waals surface area contributed by atoms with Crippen LogP contribution in [0.15, 0.2) is 51.8 Å². The fraction of sp³-hybridized carbons (Fsp3) is 0.381. The van der Waals surface area contributed by atoms with Crippen molar-refractivity contribution >= 4 is 22.0 Å². The molecule has 0 bridgehead atoms. The number of sulfonamides is 1. The highest BCUT2D eigenvalue weighted by Crippen LogP contribution is 2.18. The SMILES string of the molecule is Cc1ccc(S(=O)(=O)NC[C@@H]2CCCN(C(=O)/C=C/c3ccc(C)o3)C2)cc1. The number of likely N-dealkylation sites (tertiary alicyclic amines) is 1. The smallest absolute Gasteiger partial charge is 0.246 e. The maximum atomic E-state index is 12.4. The van der Waals surface area contributed by atoms with Crippen molar-refractivity contribution in [2.45, 2.75) is 31.6 Å². The third-order valence-electron chi connectivity index (χ3n) is 4.88. The van der Waals surface area contributed by atoms with Crippen LogP contribution in [0, 0.1) is 19.8 Å². The summed E-state index contributed by atoms with van der Waals surface area (Å²) in [4.78, 5) is 14.5. The van der Waals surface area contributed by atoms with Crippen molar-refractivity contribution < 1.29 is 17.6 Å². The van der Waals surface area contributed by atoms with Gasteiger partial charge in [0.05, 0.1) is 4.90 Å². The van der Waals surface area contributed by atoms with E-state index >= 15 is 0 Å². The molecule has 2 aromatic rings. The summed E-state index contributed by atoms with van der Waals surface area (Å²) in [6, 6.07) is 10.4. The number of hydrogen-bond acceptors (Lipinski definition) is 4. The molecule has 1 aliphatic heterocycles. The van der Waals surface area contributed by atoms with Gasteiger partial charge in [-0.3, -0.25) is 4.79 Å². The molecule has 1 saturated heterocycles. The van der Waals surface area contributed by atoms with Gasteiger partial charge >= 0.3 is 0 Å². The normalized spacial score (nSPS) is 17.9. The molecule has 7 heteroatoms. The van der Waals surface area contributed by atoms with Crippen molar-refractivity contribution in [3.63, 3.8) is 0 Å². The fourth-order valence-corrected chi connectivity index (χ4v) is 4.38. The molecular weight excluding hydrogens is 376 g/mol. The molecule has 1 fully saturated rings. The number of nitrogens with one attached hydrogen (secondary N) is 1. The van der Waals surface area contributed by atoms with E-state index in [1.165, 1.54) is 6.08 Å². The highest BCUT2D eigenvalue weighted by Gasteiger charge is 2.24. The molecule has 0 spiro atoms. The lowest BCUT2D eigenvalue weighted by Crippen LogP contribution is -2.43. The Labute approximate surface area is 166 Å². The Bertz CT molecular complexity index is 945. The highest BCUT2D eigenvalue weighted by atomic mass is 32.2. The van der Waals surface area contributed by atoms with E-state index in [0.29, 0.717) is 25.4 Å². The number of carbonyl (C=O) groups excluding carboxylic acids is 1. The first-order valence-electron chi connectivity index (χ1n) is 9.43. The van der Waals surface area contributed by atoms with E-state index in [0.717, 1.165) is 24.2 Å². The Morgan fingerprint density at radius 3 is 2.64 bits per heavy atom. The van der Waals surface area contributed by atoms with Gasteiger partial charge in [-0.2, -0.15) is 0 Å². The van der Waals surface area contributed by atoms with E-state index in [1.807, 2.05) is 26.0 Å². The number of furan rings is 1. The van der Waals surface area contributed by atoms with E-state index in [4.69, 9.17) is 4.42 Å². The van der Waals surface area contributed by atoms with Crippen molar-refractivity contribution in [3.8, 4) is 0 Å². The van der Waals surface area contributed by atoms with Gasteiger partial charge in [-0.1, -0.05) is 17.7 Å². The Balaban J connectivity index is 1.55. The molecule has 1 aromatic carbocycles. The lowest BCUT2D eigenvalue weighted by atomic mass is 9.98. The second-order valence-electron chi connectivity index (χ2n) is 7.24. The maximum Gasteiger partial charge on any atom is 0.246 e. The quantitative estimate of drug-likeness (QED) is 0.753. The maximum absolute atomic E-state index is 12.4. The van der Waals surface area contributed by atoms with E-state index in [-0.39, 0.29) is 16.7 Å². The van der Waals surface area contributed by atoms with Crippen LogP contribution in [-0.2, 0) is 14.8 Å². The molecule has 3 rings (SSSR count). The van der Waals surface area contributed by atoms with Crippen LogP contribution in [0.25, 0.3) is 6.08 Å². The molecule has 1 N–H and O–H groups in total. The number of rotatable bonds is 6. The predicted molar refractivity (Wildman–Crippen MR) is 108 cm³/mol. The van der Waals surface area contributed by atoms with Crippen molar-refractivity contribution in [3.05, 3.63) is 59.6 Å². The Morgan fingerprint density at radius 2 is 1.96 bits per heavy atom. The average Bonchev–Trinajstić information content (AvgIpc) is 3.10. The minimum Gasteiger partial charge on any atom is -0.462 e. The van der Waals surface area contributed by atoms with E-state index in [1.54, 1.807) is 35.2 Å². The van der Waals surface area contributed by atoms with E-state index in [2.05, 4.69) is 4.72 Å². The molecule has 2 heterocycles. The molecule has 0 saturated carbocycles. The molecule has 0 aliphatic carbocycles. The van der Waals surface area contributed by atoms with Gasteiger partial charge in [-0.25, -0.2) is 13.1 Å². The van der Waals surface area contributed by atoms with Crippen LogP contribution in [0.3, 0.4) is 0 Å². The first-order valence-corrected chi connectivity index (χ1v) is 10.9. The minimum atomic E-state index is -3.54. The van der Waals surface area contributed by atoms with Crippen LogP contribution < -0.4 is 4.72 Å². The van der Waals surface area contributed by atoms with Gasteiger partial charge in [0.2, 0.25) is 15.9 Å². The monoisotopic (exact) mass is 402 g/mol. The summed E-state index contributed by atoms with van der Waals surface area (Å²) < 4.78 is 33.0. The van der Waals surface area contributed by atoms with Crippen LogP contribution in [0.2, 0.25) is 0 Å². The lowest BCUT2D eigenvalue weighted by molar-refractivity contribution is -0.127. The summed E-state index contributed by atoms with van der Waals surface area (Å²) in [6.07, 6.45) is 4.92. The van der Waals surface area contributed by atoms with E-state index in [9.17, 15) is 13.2 Å². The van der Waals surface area contributed by atoms with Crippen molar-refractivity contribution in [1.29, 1.82) is 0 Å². The summed E-state index contributed by atoms with van der Waals surface area (Å²) >= 11 is 0. The summed E-state index contributed by atoms with van der Waals surface area (Å²) in [5.41, 5.74) is 1.01. The Kier molecular flexibility index (Phi) is 6.36. The van der Waals surface area contributed by atoms with Crippen LogP contribution in [0.5, 0.6) is 0 Å². The number of benzene rings is 1. The molecular formula is C21H26N2O4S. The summed E-state index contributed by atoms with van der Waals surface area (Å²) in [6.45, 7) is 5.31. The van der Waals surface area contributed by atoms with Crippen LogP contribution >= 0.6 is 0 Å². The van der Waals surface area contributed by atoms with Gasteiger partial charge in [0.1, 0.15) is 11.5 Å². The number of aryl methyl sites for hydroxylation is 2. The fourth-order valence-electron chi connectivity index (χ4n) is 3.26. The molecule has 1 aliphatic rings. The molecule has 150 valence electrons. The highest BCUT2D eigenvalue weighted by molar-refractivity contribution is 7.89. The van der Waals surface area contributed by atoms with Gasteiger partial charge < -0.3 is 9.32 Å². The largest absolute Gasteiger partial charge is 0.462 e. The molecule has 0 radical (unpaired) electrons. The van der Waals surface area contributed by atoms with Gasteiger partial charge in [0.25, 0.3) is 0 Å². The van der Waals surface area contributed by atoms with Gasteiger partial charge in [-0.15, -0.1) is 0 Å². The summed E-state index contributed by atoms with van der Waals surface area (Å²) in [5.74, 6) is 1.45. The number of hydrogen-bond donors (Lipinski definition) is 1. The zero-order valence-electron chi connectivity index (χ0n) is 16.2. The zero-order chi connectivity index (χ0) is 20.1. The third-order valence-corrected chi connectivity index (χ3v) is 6.31. The number of amides is 1. The second kappa shape index (κ2) is 8.75. The number of piperidine rings is 1. The topological polar surface area (TPSA) is 79.6 Å². The Hall–Kier alpha value is -2.38. The molecule has 1 atom stereocenters. The van der Waals surface area contributed by atoms with Gasteiger partial charge in [-0.05, 0) is 62.9 Å².